The third-order valence-corrected chi connectivity index (χ3v) is 2.30. The number of amides is 1. The van der Waals surface area contributed by atoms with E-state index in [0.29, 0.717) is 5.69 Å². The van der Waals surface area contributed by atoms with Crippen LogP contribution < -0.4 is 5.32 Å². The third-order valence-electron chi connectivity index (χ3n) is 2.30. The number of nitrogens with one attached hydrogen (secondary N) is 1. The van der Waals surface area contributed by atoms with Crippen molar-refractivity contribution in [2.24, 2.45) is 0 Å². The standard InChI is InChI=1S/C11H19N3O2/c1-3-4-9(2)13-11(16)6-14-5-10(7-15)12-8-14/h5,8-9,15H,3-4,6-7H2,1-2H3,(H,13,16). The van der Waals surface area contributed by atoms with E-state index in [-0.39, 0.29) is 25.1 Å². The molecule has 0 aliphatic rings. The minimum atomic E-state index is -0.0964. The lowest BCUT2D eigenvalue weighted by Crippen LogP contribution is -2.34. The van der Waals surface area contributed by atoms with Crippen LogP contribution in [-0.2, 0) is 17.9 Å². The van der Waals surface area contributed by atoms with Gasteiger partial charge in [0.1, 0.15) is 6.54 Å². The van der Waals surface area contributed by atoms with Crippen molar-refractivity contribution >= 4 is 5.91 Å². The summed E-state index contributed by atoms with van der Waals surface area (Å²) >= 11 is 0. The number of aliphatic hydroxyl groups is 1. The summed E-state index contributed by atoms with van der Waals surface area (Å²) in [5.41, 5.74) is 0.578. The molecule has 1 aromatic heterocycles. The Morgan fingerprint density at radius 2 is 2.44 bits per heavy atom. The highest BCUT2D eigenvalue weighted by atomic mass is 16.3. The zero-order valence-corrected chi connectivity index (χ0v) is 9.81. The van der Waals surface area contributed by atoms with E-state index in [4.69, 9.17) is 5.11 Å². The molecule has 0 aromatic carbocycles. The van der Waals surface area contributed by atoms with Gasteiger partial charge in [-0.1, -0.05) is 13.3 Å². The maximum atomic E-state index is 11.6. The molecule has 0 bridgehead atoms. The summed E-state index contributed by atoms with van der Waals surface area (Å²) in [6.45, 7) is 4.24. The maximum Gasteiger partial charge on any atom is 0.240 e. The fraction of sp³-hybridized carbons (Fsp3) is 0.636. The Bertz CT molecular complexity index is 336. The molecule has 0 radical (unpaired) electrons. The Balaban J connectivity index is 2.39. The number of carbonyl (C=O) groups is 1. The third kappa shape index (κ3) is 4.02. The SMILES string of the molecule is CCCC(C)NC(=O)Cn1cnc(CO)c1. The molecule has 1 atom stereocenters. The second kappa shape index (κ2) is 6.27. The molecule has 0 spiro atoms. The van der Waals surface area contributed by atoms with Crippen LogP contribution >= 0.6 is 0 Å². The number of rotatable bonds is 6. The van der Waals surface area contributed by atoms with Gasteiger partial charge in [-0.15, -0.1) is 0 Å². The van der Waals surface area contributed by atoms with Crippen molar-refractivity contribution in [1.82, 2.24) is 14.9 Å². The summed E-state index contributed by atoms with van der Waals surface area (Å²) in [5.74, 6) is -0.0251. The number of imidazole rings is 1. The lowest BCUT2D eigenvalue weighted by molar-refractivity contribution is -0.122. The van der Waals surface area contributed by atoms with Crippen molar-refractivity contribution in [2.45, 2.75) is 45.9 Å². The van der Waals surface area contributed by atoms with Gasteiger partial charge in [-0.25, -0.2) is 4.98 Å². The predicted molar refractivity (Wildman–Crippen MR) is 60.7 cm³/mol. The molecule has 5 nitrogen and oxygen atoms in total. The van der Waals surface area contributed by atoms with Gasteiger partial charge >= 0.3 is 0 Å². The van der Waals surface area contributed by atoms with E-state index in [9.17, 15) is 4.79 Å². The van der Waals surface area contributed by atoms with Crippen LogP contribution in [0.3, 0.4) is 0 Å². The highest BCUT2D eigenvalue weighted by Crippen LogP contribution is 1.97. The normalized spacial score (nSPS) is 12.4. The highest BCUT2D eigenvalue weighted by Gasteiger charge is 2.07. The van der Waals surface area contributed by atoms with Crippen LogP contribution in [-0.4, -0.2) is 26.6 Å². The highest BCUT2D eigenvalue weighted by molar-refractivity contribution is 5.75. The molecular weight excluding hydrogens is 206 g/mol. The quantitative estimate of drug-likeness (QED) is 0.748. The zero-order valence-electron chi connectivity index (χ0n) is 9.81. The van der Waals surface area contributed by atoms with E-state index < -0.39 is 0 Å². The Morgan fingerprint density at radius 3 is 3.00 bits per heavy atom. The second-order valence-electron chi connectivity index (χ2n) is 3.95. The summed E-state index contributed by atoms with van der Waals surface area (Å²) in [4.78, 5) is 15.5. The first kappa shape index (κ1) is 12.7. The lowest BCUT2D eigenvalue weighted by atomic mass is 10.2. The van der Waals surface area contributed by atoms with E-state index in [0.717, 1.165) is 12.8 Å². The number of aromatic nitrogens is 2. The molecule has 0 saturated carbocycles. The molecule has 1 heterocycles. The van der Waals surface area contributed by atoms with Crippen molar-refractivity contribution in [3.63, 3.8) is 0 Å². The largest absolute Gasteiger partial charge is 0.390 e. The molecule has 1 amide bonds. The van der Waals surface area contributed by atoms with Crippen molar-refractivity contribution < 1.29 is 9.90 Å². The Labute approximate surface area is 95.5 Å². The molecular formula is C11H19N3O2. The van der Waals surface area contributed by atoms with E-state index >= 15 is 0 Å². The number of hydrogen-bond donors (Lipinski definition) is 2. The molecule has 1 rings (SSSR count). The van der Waals surface area contributed by atoms with Crippen LogP contribution in [0.25, 0.3) is 0 Å². The van der Waals surface area contributed by atoms with Gasteiger partial charge < -0.3 is 15.0 Å². The molecule has 0 fully saturated rings. The Hall–Kier alpha value is -1.36. The minimum Gasteiger partial charge on any atom is -0.390 e. The first-order valence-electron chi connectivity index (χ1n) is 5.56. The molecule has 0 aliphatic heterocycles. The number of nitrogens with zero attached hydrogens (tertiary/aromatic N) is 2. The fourth-order valence-electron chi connectivity index (χ4n) is 1.57. The Morgan fingerprint density at radius 1 is 1.69 bits per heavy atom. The molecule has 2 N–H and O–H groups in total. The number of hydrogen-bond acceptors (Lipinski definition) is 3. The summed E-state index contributed by atoms with van der Waals surface area (Å²) in [6.07, 6.45) is 5.26. The summed E-state index contributed by atoms with van der Waals surface area (Å²) < 4.78 is 1.67. The van der Waals surface area contributed by atoms with Crippen molar-refractivity contribution in [3.8, 4) is 0 Å². The van der Waals surface area contributed by atoms with Gasteiger partial charge in [-0.05, 0) is 13.3 Å². The minimum absolute atomic E-state index is 0.0251. The van der Waals surface area contributed by atoms with E-state index in [2.05, 4.69) is 17.2 Å². The first-order chi connectivity index (χ1) is 7.65. The van der Waals surface area contributed by atoms with E-state index in [1.54, 1.807) is 17.1 Å². The molecule has 16 heavy (non-hydrogen) atoms. The van der Waals surface area contributed by atoms with Gasteiger partial charge in [-0.3, -0.25) is 4.79 Å². The Kier molecular flexibility index (Phi) is 4.98. The zero-order chi connectivity index (χ0) is 12.0. The summed E-state index contributed by atoms with van der Waals surface area (Å²) in [5, 5.41) is 11.7. The molecule has 5 heteroatoms. The first-order valence-corrected chi connectivity index (χ1v) is 5.56. The van der Waals surface area contributed by atoms with Gasteiger partial charge in [0.2, 0.25) is 5.91 Å². The fourth-order valence-corrected chi connectivity index (χ4v) is 1.57. The number of carbonyl (C=O) groups excluding carboxylic acids is 1. The predicted octanol–water partition coefficient (Wildman–Crippen LogP) is 0.680. The van der Waals surface area contributed by atoms with Crippen LogP contribution in [0.15, 0.2) is 12.5 Å². The van der Waals surface area contributed by atoms with Crippen LogP contribution in [0.4, 0.5) is 0 Å². The van der Waals surface area contributed by atoms with Gasteiger partial charge in [0, 0.05) is 12.2 Å². The summed E-state index contributed by atoms with van der Waals surface area (Å²) in [6, 6.07) is 0.207. The molecule has 1 aromatic rings. The van der Waals surface area contributed by atoms with E-state index in [1.807, 2.05) is 6.92 Å². The average molecular weight is 225 g/mol. The van der Waals surface area contributed by atoms with Crippen molar-refractivity contribution in [3.05, 3.63) is 18.2 Å². The van der Waals surface area contributed by atoms with Crippen LogP contribution in [0.5, 0.6) is 0 Å². The second-order valence-corrected chi connectivity index (χ2v) is 3.95. The van der Waals surface area contributed by atoms with Gasteiger partial charge in [0.05, 0.1) is 18.6 Å². The van der Waals surface area contributed by atoms with Crippen LogP contribution in [0.2, 0.25) is 0 Å². The van der Waals surface area contributed by atoms with Gasteiger partial charge in [-0.2, -0.15) is 0 Å². The monoisotopic (exact) mass is 225 g/mol. The topological polar surface area (TPSA) is 67.2 Å². The molecule has 0 saturated heterocycles. The van der Waals surface area contributed by atoms with Gasteiger partial charge in [0.15, 0.2) is 0 Å². The van der Waals surface area contributed by atoms with Crippen molar-refractivity contribution in [2.75, 3.05) is 0 Å². The van der Waals surface area contributed by atoms with E-state index in [1.165, 1.54) is 0 Å². The van der Waals surface area contributed by atoms with Gasteiger partial charge in [0.25, 0.3) is 0 Å². The van der Waals surface area contributed by atoms with Crippen molar-refractivity contribution in [1.29, 1.82) is 0 Å². The smallest absolute Gasteiger partial charge is 0.240 e. The summed E-state index contributed by atoms with van der Waals surface area (Å²) in [7, 11) is 0. The molecule has 0 aliphatic carbocycles. The molecule has 1 unspecified atom stereocenters. The van der Waals surface area contributed by atoms with Crippen LogP contribution in [0.1, 0.15) is 32.4 Å². The lowest BCUT2D eigenvalue weighted by Gasteiger charge is -2.12. The van der Waals surface area contributed by atoms with Crippen LogP contribution in [0, 0.1) is 0 Å². The maximum absolute atomic E-state index is 11.6. The average Bonchev–Trinajstić information content (AvgIpc) is 2.65. The number of aliphatic hydroxyl groups excluding tert-OH is 1. The molecule has 90 valence electrons.